The van der Waals surface area contributed by atoms with Crippen LogP contribution >= 0.6 is 0 Å². The van der Waals surface area contributed by atoms with Crippen molar-refractivity contribution in [3.63, 3.8) is 0 Å². The van der Waals surface area contributed by atoms with Crippen LogP contribution in [0.15, 0.2) is 24.3 Å². The second kappa shape index (κ2) is 7.35. The van der Waals surface area contributed by atoms with Crippen molar-refractivity contribution in [3.05, 3.63) is 29.8 Å². The van der Waals surface area contributed by atoms with Gasteiger partial charge in [-0.2, -0.15) is 13.2 Å². The Hall–Kier alpha value is -1.27. The number of hydrogen-bond acceptors (Lipinski definition) is 3. The van der Waals surface area contributed by atoms with E-state index in [4.69, 9.17) is 9.47 Å². The van der Waals surface area contributed by atoms with Crippen LogP contribution in [-0.2, 0) is 10.9 Å². The third kappa shape index (κ3) is 5.08. The van der Waals surface area contributed by atoms with Gasteiger partial charge < -0.3 is 14.8 Å². The predicted octanol–water partition coefficient (Wildman–Crippen LogP) is 2.71. The summed E-state index contributed by atoms with van der Waals surface area (Å²) in [5.41, 5.74) is -0.771. The van der Waals surface area contributed by atoms with Crippen molar-refractivity contribution in [1.29, 1.82) is 0 Å². The molecule has 0 spiro atoms. The van der Waals surface area contributed by atoms with E-state index in [2.05, 4.69) is 5.32 Å². The number of hydrogen-bond donors (Lipinski definition) is 1. The molecule has 0 radical (unpaired) electrons. The molecule has 0 aliphatic rings. The van der Waals surface area contributed by atoms with Gasteiger partial charge in [0, 0.05) is 13.7 Å². The summed E-state index contributed by atoms with van der Waals surface area (Å²) in [6, 6.07) is 5.18. The summed E-state index contributed by atoms with van der Waals surface area (Å²) >= 11 is 0. The van der Waals surface area contributed by atoms with Crippen LogP contribution in [0, 0.1) is 0 Å². The lowest BCUT2D eigenvalue weighted by Gasteiger charge is -2.21. The molecule has 0 saturated carbocycles. The van der Waals surface area contributed by atoms with Crippen molar-refractivity contribution < 1.29 is 22.6 Å². The standard InChI is InChI=1S/C13H18F3NO2/c1-3-17-8-10(9-18-2)19-12-7-5-4-6-11(12)13(14,15)16/h4-7,10,17H,3,8-9H2,1-2H3. The number of likely N-dealkylation sites (N-methyl/N-ethyl adjacent to an activating group) is 1. The van der Waals surface area contributed by atoms with Crippen molar-refractivity contribution in [2.75, 3.05) is 26.8 Å². The van der Waals surface area contributed by atoms with Crippen molar-refractivity contribution in [1.82, 2.24) is 5.32 Å². The molecule has 1 atom stereocenters. The molecule has 1 N–H and O–H groups in total. The largest absolute Gasteiger partial charge is 0.486 e. The van der Waals surface area contributed by atoms with E-state index < -0.39 is 17.8 Å². The number of nitrogens with one attached hydrogen (secondary N) is 1. The first kappa shape index (κ1) is 15.8. The Labute approximate surface area is 110 Å². The molecule has 6 heteroatoms. The normalized spacial score (nSPS) is 13.3. The first-order valence-corrected chi connectivity index (χ1v) is 6.01. The lowest BCUT2D eigenvalue weighted by Crippen LogP contribution is -2.35. The Kier molecular flexibility index (Phi) is 6.11. The van der Waals surface area contributed by atoms with E-state index in [1.165, 1.54) is 25.3 Å². The van der Waals surface area contributed by atoms with E-state index in [-0.39, 0.29) is 12.4 Å². The maximum absolute atomic E-state index is 12.8. The number of benzene rings is 1. The van der Waals surface area contributed by atoms with Gasteiger partial charge in [-0.15, -0.1) is 0 Å². The Balaban J connectivity index is 2.83. The van der Waals surface area contributed by atoms with Gasteiger partial charge in [0.15, 0.2) is 0 Å². The number of rotatable bonds is 7. The van der Waals surface area contributed by atoms with Gasteiger partial charge in [-0.05, 0) is 18.7 Å². The molecule has 0 fully saturated rings. The lowest BCUT2D eigenvalue weighted by molar-refractivity contribution is -0.139. The zero-order chi connectivity index (χ0) is 14.3. The van der Waals surface area contributed by atoms with Crippen molar-refractivity contribution >= 4 is 0 Å². The van der Waals surface area contributed by atoms with E-state index >= 15 is 0 Å². The number of para-hydroxylation sites is 1. The van der Waals surface area contributed by atoms with Gasteiger partial charge in [-0.25, -0.2) is 0 Å². The summed E-state index contributed by atoms with van der Waals surface area (Å²) in [4.78, 5) is 0. The summed E-state index contributed by atoms with van der Waals surface area (Å²) in [5.74, 6) is -0.171. The molecule has 1 aromatic rings. The lowest BCUT2D eigenvalue weighted by atomic mass is 10.2. The average Bonchev–Trinajstić information content (AvgIpc) is 2.35. The molecule has 0 bridgehead atoms. The van der Waals surface area contributed by atoms with Crippen LogP contribution in [0.4, 0.5) is 13.2 Å². The minimum absolute atomic E-state index is 0.171. The highest BCUT2D eigenvalue weighted by molar-refractivity contribution is 5.35. The third-order valence-corrected chi connectivity index (χ3v) is 2.46. The zero-order valence-corrected chi connectivity index (χ0v) is 11.0. The maximum atomic E-state index is 12.8. The van der Waals surface area contributed by atoms with E-state index in [9.17, 15) is 13.2 Å². The van der Waals surface area contributed by atoms with Crippen molar-refractivity contribution in [2.45, 2.75) is 19.2 Å². The van der Waals surface area contributed by atoms with Gasteiger partial charge in [0.05, 0.1) is 12.2 Å². The molecule has 0 aliphatic carbocycles. The van der Waals surface area contributed by atoms with Crippen molar-refractivity contribution in [3.8, 4) is 5.75 Å². The molecule has 19 heavy (non-hydrogen) atoms. The van der Waals surface area contributed by atoms with Crippen LogP contribution < -0.4 is 10.1 Å². The highest BCUT2D eigenvalue weighted by Gasteiger charge is 2.34. The second-order valence-corrected chi connectivity index (χ2v) is 4.00. The molecule has 0 amide bonds. The first-order chi connectivity index (χ1) is 8.99. The molecule has 0 heterocycles. The van der Waals surface area contributed by atoms with Gasteiger partial charge in [0.25, 0.3) is 0 Å². The van der Waals surface area contributed by atoms with Crippen LogP contribution in [0.25, 0.3) is 0 Å². The van der Waals surface area contributed by atoms with Gasteiger partial charge in [-0.3, -0.25) is 0 Å². The van der Waals surface area contributed by atoms with Crippen LogP contribution in [0.5, 0.6) is 5.75 Å². The van der Waals surface area contributed by atoms with E-state index in [1.807, 2.05) is 6.92 Å². The van der Waals surface area contributed by atoms with E-state index in [0.29, 0.717) is 13.1 Å². The second-order valence-electron chi connectivity index (χ2n) is 4.00. The summed E-state index contributed by atoms with van der Waals surface area (Å²) in [7, 11) is 1.48. The van der Waals surface area contributed by atoms with Crippen molar-refractivity contribution in [2.24, 2.45) is 0 Å². The van der Waals surface area contributed by atoms with Crippen LogP contribution in [-0.4, -0.2) is 32.9 Å². The molecule has 1 aromatic carbocycles. The first-order valence-electron chi connectivity index (χ1n) is 6.01. The average molecular weight is 277 g/mol. The number of halogens is 3. The Bertz CT molecular complexity index is 382. The fourth-order valence-corrected chi connectivity index (χ4v) is 1.61. The minimum Gasteiger partial charge on any atom is -0.486 e. The molecular weight excluding hydrogens is 259 g/mol. The molecule has 0 aliphatic heterocycles. The highest BCUT2D eigenvalue weighted by atomic mass is 19.4. The summed E-state index contributed by atoms with van der Waals surface area (Å²) < 4.78 is 48.8. The minimum atomic E-state index is -4.42. The monoisotopic (exact) mass is 277 g/mol. The predicted molar refractivity (Wildman–Crippen MR) is 66.3 cm³/mol. The molecule has 3 nitrogen and oxygen atoms in total. The van der Waals surface area contributed by atoms with Gasteiger partial charge in [0.1, 0.15) is 11.9 Å². The van der Waals surface area contributed by atoms with Gasteiger partial charge >= 0.3 is 6.18 Å². The molecule has 108 valence electrons. The summed E-state index contributed by atoms with van der Waals surface area (Å²) in [6.07, 6.45) is -4.89. The molecule has 1 unspecified atom stereocenters. The molecule has 0 saturated heterocycles. The fourth-order valence-electron chi connectivity index (χ4n) is 1.61. The molecular formula is C13H18F3NO2. The number of alkyl halides is 3. The number of ether oxygens (including phenoxy) is 2. The van der Waals surface area contributed by atoms with Gasteiger partial charge in [-0.1, -0.05) is 19.1 Å². The SMILES string of the molecule is CCNCC(COC)Oc1ccccc1C(F)(F)F. The quantitative estimate of drug-likeness (QED) is 0.831. The van der Waals surface area contributed by atoms with Gasteiger partial charge in [0.2, 0.25) is 0 Å². The zero-order valence-electron chi connectivity index (χ0n) is 11.0. The Morgan fingerprint density at radius 3 is 2.53 bits per heavy atom. The van der Waals surface area contributed by atoms with E-state index in [0.717, 1.165) is 6.07 Å². The Morgan fingerprint density at radius 2 is 1.95 bits per heavy atom. The topological polar surface area (TPSA) is 30.5 Å². The maximum Gasteiger partial charge on any atom is 0.419 e. The summed E-state index contributed by atoms with van der Waals surface area (Å²) in [6.45, 7) is 3.27. The van der Waals surface area contributed by atoms with Crippen LogP contribution in [0.3, 0.4) is 0 Å². The fraction of sp³-hybridized carbons (Fsp3) is 0.538. The van der Waals surface area contributed by atoms with Crippen LogP contribution in [0.1, 0.15) is 12.5 Å². The smallest absolute Gasteiger partial charge is 0.419 e. The highest BCUT2D eigenvalue weighted by Crippen LogP contribution is 2.36. The van der Waals surface area contributed by atoms with E-state index in [1.54, 1.807) is 0 Å². The summed E-state index contributed by atoms with van der Waals surface area (Å²) in [5, 5.41) is 3.03. The van der Waals surface area contributed by atoms with Crippen LogP contribution in [0.2, 0.25) is 0 Å². The molecule has 1 rings (SSSR count). The molecule has 0 aromatic heterocycles. The third-order valence-electron chi connectivity index (χ3n) is 2.46. The number of methoxy groups -OCH3 is 1. The Morgan fingerprint density at radius 1 is 1.26 bits per heavy atom.